The Labute approximate surface area is 103 Å². The molecule has 0 aliphatic carbocycles. The predicted octanol–water partition coefficient (Wildman–Crippen LogP) is 1.26. The molecule has 2 fully saturated rings. The van der Waals surface area contributed by atoms with Crippen molar-refractivity contribution < 1.29 is 9.59 Å². The molecular weight excluding hydrogens is 216 g/mol. The van der Waals surface area contributed by atoms with E-state index in [9.17, 15) is 9.59 Å². The van der Waals surface area contributed by atoms with Gasteiger partial charge < -0.3 is 9.80 Å². The van der Waals surface area contributed by atoms with Crippen LogP contribution in [0.3, 0.4) is 0 Å². The van der Waals surface area contributed by atoms with E-state index in [-0.39, 0.29) is 11.8 Å². The van der Waals surface area contributed by atoms with E-state index in [1.807, 2.05) is 0 Å². The van der Waals surface area contributed by atoms with Gasteiger partial charge in [-0.1, -0.05) is 6.92 Å². The second-order valence-electron chi connectivity index (χ2n) is 5.33. The van der Waals surface area contributed by atoms with Gasteiger partial charge >= 0.3 is 11.8 Å². The maximum absolute atomic E-state index is 12.0. The van der Waals surface area contributed by atoms with Crippen LogP contribution < -0.4 is 0 Å². The highest BCUT2D eigenvalue weighted by Crippen LogP contribution is 2.17. The second-order valence-corrected chi connectivity index (χ2v) is 5.33. The molecule has 4 nitrogen and oxygen atoms in total. The molecule has 0 bridgehead atoms. The third-order valence-corrected chi connectivity index (χ3v) is 3.90. The fraction of sp³-hybridized carbons (Fsp3) is 0.846. The van der Waals surface area contributed by atoms with Crippen molar-refractivity contribution in [3.63, 3.8) is 0 Å². The summed E-state index contributed by atoms with van der Waals surface area (Å²) in [6.07, 6.45) is 5.31. The van der Waals surface area contributed by atoms with Crippen LogP contribution in [0.15, 0.2) is 0 Å². The quantitative estimate of drug-likeness (QED) is 0.596. The van der Waals surface area contributed by atoms with Crippen molar-refractivity contribution in [2.45, 2.75) is 39.0 Å². The molecule has 2 amide bonds. The molecule has 0 saturated carbocycles. The highest BCUT2D eigenvalue weighted by Gasteiger charge is 2.29. The monoisotopic (exact) mass is 238 g/mol. The first kappa shape index (κ1) is 12.4. The minimum atomic E-state index is -0.279. The zero-order valence-corrected chi connectivity index (χ0v) is 10.7. The summed E-state index contributed by atoms with van der Waals surface area (Å²) in [5, 5.41) is 0. The van der Waals surface area contributed by atoms with E-state index in [1.165, 1.54) is 6.42 Å². The van der Waals surface area contributed by atoms with E-state index in [1.54, 1.807) is 9.80 Å². The Balaban J connectivity index is 1.88. The van der Waals surface area contributed by atoms with Gasteiger partial charge in [0.05, 0.1) is 0 Å². The highest BCUT2D eigenvalue weighted by molar-refractivity contribution is 6.34. The van der Waals surface area contributed by atoms with Gasteiger partial charge in [0.15, 0.2) is 0 Å². The van der Waals surface area contributed by atoms with Gasteiger partial charge in [-0.3, -0.25) is 9.59 Å². The molecule has 2 saturated heterocycles. The smallest absolute Gasteiger partial charge is 0.312 e. The van der Waals surface area contributed by atoms with Crippen molar-refractivity contribution in [3.8, 4) is 0 Å². The number of rotatable bonds is 0. The van der Waals surface area contributed by atoms with Crippen molar-refractivity contribution in [2.24, 2.45) is 5.92 Å². The zero-order valence-electron chi connectivity index (χ0n) is 10.7. The maximum atomic E-state index is 12.0. The molecule has 96 valence electrons. The van der Waals surface area contributed by atoms with E-state index in [0.717, 1.165) is 51.9 Å². The highest BCUT2D eigenvalue weighted by atomic mass is 16.2. The number of carbonyl (C=O) groups is 2. The van der Waals surface area contributed by atoms with Crippen LogP contribution in [-0.2, 0) is 9.59 Å². The second kappa shape index (κ2) is 5.52. The van der Waals surface area contributed by atoms with Crippen LogP contribution in [0.4, 0.5) is 0 Å². The molecule has 4 heteroatoms. The van der Waals surface area contributed by atoms with E-state index in [4.69, 9.17) is 0 Å². The minimum absolute atomic E-state index is 0.278. The van der Waals surface area contributed by atoms with Crippen molar-refractivity contribution in [3.05, 3.63) is 0 Å². The third kappa shape index (κ3) is 2.99. The molecule has 0 spiro atoms. The Kier molecular flexibility index (Phi) is 4.02. The summed E-state index contributed by atoms with van der Waals surface area (Å²) in [5.41, 5.74) is 0. The number of hydrogen-bond acceptors (Lipinski definition) is 2. The molecule has 17 heavy (non-hydrogen) atoms. The molecule has 0 aromatic heterocycles. The molecule has 2 heterocycles. The first-order valence-corrected chi connectivity index (χ1v) is 6.76. The van der Waals surface area contributed by atoms with Gasteiger partial charge in [0, 0.05) is 26.2 Å². The van der Waals surface area contributed by atoms with Gasteiger partial charge in [0.2, 0.25) is 0 Å². The largest absolute Gasteiger partial charge is 0.334 e. The van der Waals surface area contributed by atoms with E-state index in [0.29, 0.717) is 5.92 Å². The summed E-state index contributed by atoms with van der Waals surface area (Å²) in [7, 11) is 0. The van der Waals surface area contributed by atoms with Crippen molar-refractivity contribution in [2.75, 3.05) is 26.2 Å². The van der Waals surface area contributed by atoms with Gasteiger partial charge in [-0.25, -0.2) is 0 Å². The van der Waals surface area contributed by atoms with Crippen LogP contribution in [0.2, 0.25) is 0 Å². The lowest BCUT2D eigenvalue weighted by molar-refractivity contribution is -0.153. The van der Waals surface area contributed by atoms with Gasteiger partial charge in [-0.15, -0.1) is 0 Å². The third-order valence-electron chi connectivity index (χ3n) is 3.90. The predicted molar refractivity (Wildman–Crippen MR) is 65.4 cm³/mol. The van der Waals surface area contributed by atoms with E-state index >= 15 is 0 Å². The SMILES string of the molecule is CC1CCN(C(=O)C(=O)N2CCCCC2)CC1. The lowest BCUT2D eigenvalue weighted by Crippen LogP contribution is -2.49. The van der Waals surface area contributed by atoms with Gasteiger partial charge in [0.1, 0.15) is 0 Å². The van der Waals surface area contributed by atoms with E-state index < -0.39 is 0 Å². The Morgan fingerprint density at radius 2 is 1.29 bits per heavy atom. The first-order chi connectivity index (χ1) is 8.18. The molecule has 0 radical (unpaired) electrons. The first-order valence-electron chi connectivity index (χ1n) is 6.76. The fourth-order valence-corrected chi connectivity index (χ4v) is 2.58. The average molecular weight is 238 g/mol. The molecule has 2 aliphatic rings. The van der Waals surface area contributed by atoms with Crippen LogP contribution in [0.5, 0.6) is 0 Å². The van der Waals surface area contributed by atoms with Crippen LogP contribution >= 0.6 is 0 Å². The summed E-state index contributed by atoms with van der Waals surface area (Å²) in [6.45, 7) is 5.22. The molecule has 0 aromatic carbocycles. The number of carbonyl (C=O) groups excluding carboxylic acids is 2. The normalized spacial score (nSPS) is 22.6. The van der Waals surface area contributed by atoms with Gasteiger partial charge in [-0.05, 0) is 38.0 Å². The molecule has 0 unspecified atom stereocenters. The lowest BCUT2D eigenvalue weighted by Gasteiger charge is -2.32. The number of piperidine rings is 2. The summed E-state index contributed by atoms with van der Waals surface area (Å²) in [6, 6.07) is 0. The Bertz CT molecular complexity index is 290. The summed E-state index contributed by atoms with van der Waals surface area (Å²) in [4.78, 5) is 27.5. The molecule has 0 atom stereocenters. The van der Waals surface area contributed by atoms with Gasteiger partial charge in [-0.2, -0.15) is 0 Å². The molecule has 2 aliphatic heterocycles. The molecule has 2 rings (SSSR count). The van der Waals surface area contributed by atoms with Crippen LogP contribution in [0.25, 0.3) is 0 Å². The summed E-state index contributed by atoms with van der Waals surface area (Å²) < 4.78 is 0. The van der Waals surface area contributed by atoms with Crippen LogP contribution in [0, 0.1) is 5.92 Å². The number of likely N-dealkylation sites (tertiary alicyclic amines) is 2. The maximum Gasteiger partial charge on any atom is 0.312 e. The zero-order chi connectivity index (χ0) is 12.3. The lowest BCUT2D eigenvalue weighted by atomic mass is 9.99. The molecular formula is C13H22N2O2. The standard InChI is InChI=1S/C13H22N2O2/c1-11-5-9-15(10-6-11)13(17)12(16)14-7-3-2-4-8-14/h11H,2-10H2,1H3. The summed E-state index contributed by atoms with van der Waals surface area (Å²) >= 11 is 0. The van der Waals surface area contributed by atoms with E-state index in [2.05, 4.69) is 6.92 Å². The number of amides is 2. The van der Waals surface area contributed by atoms with Crippen molar-refractivity contribution in [1.29, 1.82) is 0 Å². The Morgan fingerprint density at radius 1 is 0.824 bits per heavy atom. The Morgan fingerprint density at radius 3 is 1.82 bits per heavy atom. The van der Waals surface area contributed by atoms with Crippen molar-refractivity contribution in [1.82, 2.24) is 9.80 Å². The van der Waals surface area contributed by atoms with Crippen LogP contribution in [0.1, 0.15) is 39.0 Å². The average Bonchev–Trinajstić information content (AvgIpc) is 2.39. The molecule has 0 aromatic rings. The van der Waals surface area contributed by atoms with Crippen molar-refractivity contribution >= 4 is 11.8 Å². The topological polar surface area (TPSA) is 40.6 Å². The number of nitrogens with zero attached hydrogens (tertiary/aromatic N) is 2. The van der Waals surface area contributed by atoms with Gasteiger partial charge in [0.25, 0.3) is 0 Å². The molecule has 0 N–H and O–H groups in total. The fourth-order valence-electron chi connectivity index (χ4n) is 2.58. The summed E-state index contributed by atoms with van der Waals surface area (Å²) in [5.74, 6) is 0.127. The minimum Gasteiger partial charge on any atom is -0.334 e. The number of hydrogen-bond donors (Lipinski definition) is 0. The van der Waals surface area contributed by atoms with Crippen LogP contribution in [-0.4, -0.2) is 47.8 Å². The Hall–Kier alpha value is -1.06.